The van der Waals surface area contributed by atoms with Crippen molar-refractivity contribution in [1.29, 1.82) is 0 Å². The van der Waals surface area contributed by atoms with Crippen LogP contribution in [0.5, 0.6) is 11.5 Å². The Balaban J connectivity index is 2.06. The van der Waals surface area contributed by atoms with E-state index in [0.717, 1.165) is 22.0 Å². The molecule has 0 aliphatic carbocycles. The average Bonchev–Trinajstić information content (AvgIpc) is 2.48. The lowest BCUT2D eigenvalue weighted by Gasteiger charge is -2.05. The Hall–Kier alpha value is -1.81. The molecule has 0 aromatic heterocycles. The fourth-order valence-electron chi connectivity index (χ4n) is 1.68. The lowest BCUT2D eigenvalue weighted by molar-refractivity contribution is 0.414. The monoisotopic (exact) mass is 276 g/mol. The topological polar surface area (TPSA) is 35.5 Å². The van der Waals surface area contributed by atoms with E-state index in [4.69, 9.17) is 9.47 Å². The van der Waals surface area contributed by atoms with E-state index in [-0.39, 0.29) is 0 Å². The maximum Gasteiger partial charge on any atom is 0.118 e. The molecule has 0 heterocycles. The van der Waals surface area contributed by atoms with Crippen LogP contribution in [0.4, 0.5) is 0 Å². The van der Waals surface area contributed by atoms with Gasteiger partial charge in [0, 0.05) is 4.90 Å². The van der Waals surface area contributed by atoms with Gasteiger partial charge in [-0.25, -0.2) is 0 Å². The molecule has 0 radical (unpaired) electrons. The Labute approximate surface area is 115 Å². The van der Waals surface area contributed by atoms with Crippen molar-refractivity contribution in [2.75, 3.05) is 14.2 Å². The first-order chi connectivity index (χ1) is 9.22. The molecule has 2 aromatic carbocycles. The Bertz CT molecular complexity index is 547. The summed E-state index contributed by atoms with van der Waals surface area (Å²) >= 11 is 0. The van der Waals surface area contributed by atoms with Gasteiger partial charge >= 0.3 is 0 Å². The van der Waals surface area contributed by atoms with E-state index in [1.54, 1.807) is 14.2 Å². The SMILES string of the molecule is COc1ccc(CS(=O)c2ccc(OC)cc2)cc1. The summed E-state index contributed by atoms with van der Waals surface area (Å²) in [4.78, 5) is 0.802. The van der Waals surface area contributed by atoms with Gasteiger partial charge in [0.15, 0.2) is 0 Å². The number of methoxy groups -OCH3 is 2. The van der Waals surface area contributed by atoms with E-state index in [1.165, 1.54) is 0 Å². The van der Waals surface area contributed by atoms with Crippen molar-refractivity contribution in [3.05, 3.63) is 54.1 Å². The Morgan fingerprint density at radius 3 is 1.79 bits per heavy atom. The van der Waals surface area contributed by atoms with Crippen LogP contribution in [0.15, 0.2) is 53.4 Å². The highest BCUT2D eigenvalue weighted by atomic mass is 32.2. The molecule has 3 nitrogen and oxygen atoms in total. The van der Waals surface area contributed by atoms with E-state index < -0.39 is 10.8 Å². The van der Waals surface area contributed by atoms with Crippen LogP contribution in [-0.2, 0) is 16.6 Å². The van der Waals surface area contributed by atoms with Crippen molar-refractivity contribution in [3.8, 4) is 11.5 Å². The summed E-state index contributed by atoms with van der Waals surface area (Å²) in [5.41, 5.74) is 1.02. The fourth-order valence-corrected chi connectivity index (χ4v) is 2.79. The zero-order chi connectivity index (χ0) is 13.7. The number of hydrogen-bond acceptors (Lipinski definition) is 3. The van der Waals surface area contributed by atoms with Crippen molar-refractivity contribution >= 4 is 10.8 Å². The standard InChI is InChI=1S/C15H16O3S/c1-17-13-5-3-12(4-6-13)11-19(16)15-9-7-14(18-2)8-10-15/h3-10H,11H2,1-2H3. The Kier molecular flexibility index (Phi) is 4.58. The van der Waals surface area contributed by atoms with Gasteiger partial charge in [-0.15, -0.1) is 0 Å². The minimum atomic E-state index is -1.05. The summed E-state index contributed by atoms with van der Waals surface area (Å²) in [7, 11) is 2.19. The fraction of sp³-hybridized carbons (Fsp3) is 0.200. The quantitative estimate of drug-likeness (QED) is 0.842. The Morgan fingerprint density at radius 2 is 1.32 bits per heavy atom. The minimum absolute atomic E-state index is 0.496. The van der Waals surface area contributed by atoms with Crippen LogP contribution >= 0.6 is 0 Å². The summed E-state index contributed by atoms with van der Waals surface area (Å²) < 4.78 is 22.4. The molecule has 0 saturated carbocycles. The molecule has 2 rings (SSSR count). The zero-order valence-electron chi connectivity index (χ0n) is 11.0. The van der Waals surface area contributed by atoms with Crippen molar-refractivity contribution in [2.24, 2.45) is 0 Å². The van der Waals surface area contributed by atoms with Gasteiger partial charge in [0.1, 0.15) is 11.5 Å². The molecule has 0 aliphatic rings. The number of benzene rings is 2. The first kappa shape index (κ1) is 13.6. The van der Waals surface area contributed by atoms with E-state index >= 15 is 0 Å². The molecule has 1 unspecified atom stereocenters. The van der Waals surface area contributed by atoms with Gasteiger partial charge in [-0.05, 0) is 42.0 Å². The van der Waals surface area contributed by atoms with Crippen LogP contribution in [-0.4, -0.2) is 18.4 Å². The molecule has 0 spiro atoms. The highest BCUT2D eigenvalue weighted by Gasteiger charge is 2.05. The van der Waals surface area contributed by atoms with Gasteiger partial charge in [-0.1, -0.05) is 12.1 Å². The van der Waals surface area contributed by atoms with Gasteiger partial charge in [0.2, 0.25) is 0 Å². The molecule has 2 aromatic rings. The maximum atomic E-state index is 12.2. The normalized spacial score (nSPS) is 11.9. The number of hydrogen-bond donors (Lipinski definition) is 0. The predicted molar refractivity (Wildman–Crippen MR) is 76.1 cm³/mol. The molecular weight excluding hydrogens is 260 g/mol. The van der Waals surface area contributed by atoms with Crippen molar-refractivity contribution in [1.82, 2.24) is 0 Å². The lowest BCUT2D eigenvalue weighted by Crippen LogP contribution is -1.96. The van der Waals surface area contributed by atoms with E-state index in [2.05, 4.69) is 0 Å². The molecule has 0 amide bonds. The van der Waals surface area contributed by atoms with Gasteiger partial charge in [0.25, 0.3) is 0 Å². The van der Waals surface area contributed by atoms with Gasteiger partial charge in [-0.3, -0.25) is 4.21 Å². The molecule has 100 valence electrons. The molecule has 0 saturated heterocycles. The summed E-state index contributed by atoms with van der Waals surface area (Å²) in [5, 5.41) is 0. The van der Waals surface area contributed by atoms with E-state index in [9.17, 15) is 4.21 Å². The van der Waals surface area contributed by atoms with Crippen LogP contribution in [0.25, 0.3) is 0 Å². The van der Waals surface area contributed by atoms with Crippen LogP contribution in [0, 0.1) is 0 Å². The Morgan fingerprint density at radius 1 is 0.842 bits per heavy atom. The second-order valence-corrected chi connectivity index (χ2v) is 5.46. The average molecular weight is 276 g/mol. The van der Waals surface area contributed by atoms with Crippen LogP contribution in [0.3, 0.4) is 0 Å². The molecule has 1 atom stereocenters. The highest BCUT2D eigenvalue weighted by Crippen LogP contribution is 2.18. The van der Waals surface area contributed by atoms with Crippen LogP contribution < -0.4 is 9.47 Å². The van der Waals surface area contributed by atoms with Gasteiger partial charge < -0.3 is 9.47 Å². The number of rotatable bonds is 5. The lowest BCUT2D eigenvalue weighted by atomic mass is 10.2. The third-order valence-electron chi connectivity index (χ3n) is 2.78. The second kappa shape index (κ2) is 6.38. The van der Waals surface area contributed by atoms with Crippen molar-refractivity contribution in [2.45, 2.75) is 10.6 Å². The molecule has 0 fully saturated rings. The molecule has 4 heteroatoms. The van der Waals surface area contributed by atoms with Gasteiger partial charge in [0.05, 0.1) is 30.8 Å². The third kappa shape index (κ3) is 3.58. The smallest absolute Gasteiger partial charge is 0.118 e. The molecular formula is C15H16O3S. The third-order valence-corrected chi connectivity index (χ3v) is 4.17. The van der Waals surface area contributed by atoms with Crippen LogP contribution in [0.1, 0.15) is 5.56 Å². The summed E-state index contributed by atoms with van der Waals surface area (Å²) in [5.74, 6) is 2.07. The minimum Gasteiger partial charge on any atom is -0.497 e. The van der Waals surface area contributed by atoms with Crippen LogP contribution in [0.2, 0.25) is 0 Å². The summed E-state index contributed by atoms with van der Waals surface area (Å²) in [6.45, 7) is 0. The highest BCUT2D eigenvalue weighted by molar-refractivity contribution is 7.84. The maximum absolute atomic E-state index is 12.2. The summed E-state index contributed by atoms with van der Waals surface area (Å²) in [6, 6.07) is 14.9. The molecule has 19 heavy (non-hydrogen) atoms. The molecule has 0 N–H and O–H groups in total. The molecule has 0 bridgehead atoms. The van der Waals surface area contributed by atoms with Gasteiger partial charge in [-0.2, -0.15) is 0 Å². The largest absolute Gasteiger partial charge is 0.497 e. The van der Waals surface area contributed by atoms with Crippen molar-refractivity contribution in [3.63, 3.8) is 0 Å². The first-order valence-corrected chi connectivity index (χ1v) is 7.20. The summed E-state index contributed by atoms with van der Waals surface area (Å²) in [6.07, 6.45) is 0. The van der Waals surface area contributed by atoms with Crippen molar-refractivity contribution < 1.29 is 13.7 Å². The number of ether oxygens (including phenoxy) is 2. The van der Waals surface area contributed by atoms with E-state index in [1.807, 2.05) is 48.5 Å². The predicted octanol–water partition coefficient (Wildman–Crippen LogP) is 3.01. The van der Waals surface area contributed by atoms with E-state index in [0.29, 0.717) is 5.75 Å². The zero-order valence-corrected chi connectivity index (χ0v) is 11.8. The first-order valence-electron chi connectivity index (χ1n) is 5.88. The molecule has 0 aliphatic heterocycles. The second-order valence-electron chi connectivity index (χ2n) is 4.01.